The molecule has 1 aliphatic rings. The zero-order valence-corrected chi connectivity index (χ0v) is 9.26. The molecule has 6 nitrogen and oxygen atoms in total. The quantitative estimate of drug-likeness (QED) is 0.348. The van der Waals surface area contributed by atoms with Gasteiger partial charge in [0.2, 0.25) is 5.91 Å². The Morgan fingerprint density at radius 3 is 2.80 bits per heavy atom. The summed E-state index contributed by atoms with van der Waals surface area (Å²) in [6.45, 7) is -0.160. The fourth-order valence-electron chi connectivity index (χ4n) is 1.62. The molecular formula is C8H15N3O3S. The van der Waals surface area contributed by atoms with Crippen molar-refractivity contribution in [3.63, 3.8) is 0 Å². The summed E-state index contributed by atoms with van der Waals surface area (Å²) >= 11 is 1.59. The standard InChI is InChI=1S/C8H15N3O3S/c1-15-4-5-2-8(5,7(13)11-14)10-6(12)3-9/h5,14H,2-4,9H2,1H3,(H,10,12)(H,11,13). The minimum atomic E-state index is -0.950. The predicted molar refractivity (Wildman–Crippen MR) is 56.3 cm³/mol. The zero-order valence-electron chi connectivity index (χ0n) is 8.45. The molecule has 1 fully saturated rings. The molecule has 0 bridgehead atoms. The number of hydrogen-bond acceptors (Lipinski definition) is 5. The van der Waals surface area contributed by atoms with E-state index < -0.39 is 11.4 Å². The molecule has 86 valence electrons. The average Bonchev–Trinajstić information content (AvgIpc) is 2.92. The molecule has 0 aromatic rings. The van der Waals surface area contributed by atoms with Crippen LogP contribution in [0.3, 0.4) is 0 Å². The third kappa shape index (κ3) is 2.42. The van der Waals surface area contributed by atoms with E-state index in [1.807, 2.05) is 6.26 Å². The highest BCUT2D eigenvalue weighted by Crippen LogP contribution is 2.45. The van der Waals surface area contributed by atoms with Crippen molar-refractivity contribution in [1.82, 2.24) is 10.8 Å². The van der Waals surface area contributed by atoms with Gasteiger partial charge in [-0.05, 0) is 18.4 Å². The number of carbonyl (C=O) groups excluding carboxylic acids is 2. The minimum absolute atomic E-state index is 0.0650. The van der Waals surface area contributed by atoms with Gasteiger partial charge in [-0.2, -0.15) is 11.8 Å². The highest BCUT2D eigenvalue weighted by molar-refractivity contribution is 7.98. The van der Waals surface area contributed by atoms with Gasteiger partial charge in [-0.25, -0.2) is 5.48 Å². The van der Waals surface area contributed by atoms with E-state index in [0.717, 1.165) is 5.75 Å². The van der Waals surface area contributed by atoms with Gasteiger partial charge in [0, 0.05) is 5.92 Å². The molecule has 1 saturated carbocycles. The molecule has 7 heteroatoms. The lowest BCUT2D eigenvalue weighted by atomic mass is 10.2. The number of amides is 2. The van der Waals surface area contributed by atoms with Crippen LogP contribution in [0.4, 0.5) is 0 Å². The lowest BCUT2D eigenvalue weighted by molar-refractivity contribution is -0.136. The summed E-state index contributed by atoms with van der Waals surface area (Å²) in [5.41, 5.74) is 5.79. The molecule has 0 radical (unpaired) electrons. The second-order valence-corrected chi connectivity index (χ2v) is 4.43. The molecule has 0 aromatic carbocycles. The number of thioether (sulfide) groups is 1. The topological polar surface area (TPSA) is 104 Å². The summed E-state index contributed by atoms with van der Waals surface area (Å²) in [6.07, 6.45) is 2.47. The van der Waals surface area contributed by atoms with Crippen LogP contribution >= 0.6 is 11.8 Å². The third-order valence-electron chi connectivity index (χ3n) is 2.53. The van der Waals surface area contributed by atoms with Gasteiger partial charge in [0.15, 0.2) is 0 Å². The van der Waals surface area contributed by atoms with Crippen molar-refractivity contribution in [2.45, 2.75) is 12.0 Å². The van der Waals surface area contributed by atoms with Crippen LogP contribution in [0.5, 0.6) is 0 Å². The summed E-state index contributed by atoms with van der Waals surface area (Å²) in [6, 6.07) is 0. The van der Waals surface area contributed by atoms with Crippen LogP contribution in [-0.2, 0) is 9.59 Å². The van der Waals surface area contributed by atoms with Crippen molar-refractivity contribution in [1.29, 1.82) is 0 Å². The maximum atomic E-state index is 11.4. The lowest BCUT2D eigenvalue weighted by Gasteiger charge is -2.16. The number of rotatable bonds is 5. The Kier molecular flexibility index (Phi) is 3.95. The second kappa shape index (κ2) is 4.82. The van der Waals surface area contributed by atoms with E-state index in [4.69, 9.17) is 10.9 Å². The van der Waals surface area contributed by atoms with Crippen LogP contribution in [0.2, 0.25) is 0 Å². The smallest absolute Gasteiger partial charge is 0.269 e. The second-order valence-electron chi connectivity index (χ2n) is 3.52. The molecule has 0 heterocycles. The third-order valence-corrected chi connectivity index (χ3v) is 3.26. The van der Waals surface area contributed by atoms with Crippen molar-refractivity contribution >= 4 is 23.6 Å². The van der Waals surface area contributed by atoms with Crippen molar-refractivity contribution < 1.29 is 14.8 Å². The first kappa shape index (κ1) is 12.3. The van der Waals surface area contributed by atoms with Gasteiger partial charge in [-0.1, -0.05) is 0 Å². The Hall–Kier alpha value is -0.790. The van der Waals surface area contributed by atoms with Crippen LogP contribution in [0, 0.1) is 5.92 Å². The van der Waals surface area contributed by atoms with Crippen LogP contribution in [0.1, 0.15) is 6.42 Å². The van der Waals surface area contributed by atoms with Gasteiger partial charge in [-0.3, -0.25) is 14.8 Å². The summed E-state index contributed by atoms with van der Waals surface area (Å²) in [5.74, 6) is -0.126. The van der Waals surface area contributed by atoms with Crippen molar-refractivity contribution in [2.24, 2.45) is 11.7 Å². The molecular weight excluding hydrogens is 218 g/mol. The summed E-state index contributed by atoms with van der Waals surface area (Å²) < 4.78 is 0. The summed E-state index contributed by atoms with van der Waals surface area (Å²) in [7, 11) is 0. The van der Waals surface area contributed by atoms with Crippen molar-refractivity contribution in [3.8, 4) is 0 Å². The largest absolute Gasteiger partial charge is 0.340 e. The number of hydroxylamine groups is 1. The van der Waals surface area contributed by atoms with E-state index in [-0.39, 0.29) is 18.4 Å². The van der Waals surface area contributed by atoms with E-state index in [1.54, 1.807) is 17.2 Å². The Bertz CT molecular complexity index is 274. The molecule has 0 aliphatic heterocycles. The van der Waals surface area contributed by atoms with E-state index in [9.17, 15) is 9.59 Å². The molecule has 2 unspecified atom stereocenters. The van der Waals surface area contributed by atoms with Crippen LogP contribution < -0.4 is 16.5 Å². The van der Waals surface area contributed by atoms with E-state index in [2.05, 4.69) is 5.32 Å². The van der Waals surface area contributed by atoms with Gasteiger partial charge in [-0.15, -0.1) is 0 Å². The van der Waals surface area contributed by atoms with E-state index in [0.29, 0.717) is 6.42 Å². The first-order chi connectivity index (χ1) is 7.10. The highest BCUT2D eigenvalue weighted by atomic mass is 32.2. The van der Waals surface area contributed by atoms with Crippen molar-refractivity contribution in [2.75, 3.05) is 18.6 Å². The molecule has 1 aliphatic carbocycles. The van der Waals surface area contributed by atoms with Crippen LogP contribution in [0.25, 0.3) is 0 Å². The van der Waals surface area contributed by atoms with Crippen molar-refractivity contribution in [3.05, 3.63) is 0 Å². The Balaban J connectivity index is 2.65. The Morgan fingerprint density at radius 1 is 1.67 bits per heavy atom. The molecule has 2 atom stereocenters. The van der Waals surface area contributed by atoms with Gasteiger partial charge < -0.3 is 11.1 Å². The molecule has 5 N–H and O–H groups in total. The SMILES string of the molecule is CSCC1CC1(NC(=O)CN)C(=O)NO. The summed E-state index contributed by atoms with van der Waals surface area (Å²) in [4.78, 5) is 22.5. The van der Waals surface area contributed by atoms with Gasteiger partial charge in [0.1, 0.15) is 5.54 Å². The Morgan fingerprint density at radius 2 is 2.33 bits per heavy atom. The lowest BCUT2D eigenvalue weighted by Crippen LogP contribution is -2.51. The first-order valence-corrected chi connectivity index (χ1v) is 5.94. The van der Waals surface area contributed by atoms with E-state index >= 15 is 0 Å². The number of nitrogens with one attached hydrogen (secondary N) is 2. The van der Waals surface area contributed by atoms with Crippen LogP contribution in [-0.4, -0.2) is 41.1 Å². The number of carbonyl (C=O) groups is 2. The minimum Gasteiger partial charge on any atom is -0.340 e. The molecule has 0 saturated heterocycles. The fourth-order valence-corrected chi connectivity index (χ4v) is 2.42. The molecule has 0 spiro atoms. The maximum Gasteiger partial charge on any atom is 0.269 e. The zero-order chi connectivity index (χ0) is 11.5. The monoisotopic (exact) mass is 233 g/mol. The van der Waals surface area contributed by atoms with Gasteiger partial charge in [0.05, 0.1) is 6.54 Å². The Labute approximate surface area is 91.9 Å². The van der Waals surface area contributed by atoms with Gasteiger partial charge >= 0.3 is 0 Å². The predicted octanol–water partition coefficient (Wildman–Crippen LogP) is -1.31. The summed E-state index contributed by atoms with van der Waals surface area (Å²) in [5, 5.41) is 11.1. The first-order valence-electron chi connectivity index (χ1n) is 4.55. The molecule has 1 rings (SSSR count). The number of nitrogens with two attached hydrogens (primary N) is 1. The molecule has 15 heavy (non-hydrogen) atoms. The van der Waals surface area contributed by atoms with Gasteiger partial charge in [0.25, 0.3) is 5.91 Å². The highest BCUT2D eigenvalue weighted by Gasteiger charge is 2.60. The average molecular weight is 233 g/mol. The maximum absolute atomic E-state index is 11.4. The number of hydrogen-bond donors (Lipinski definition) is 4. The normalized spacial score (nSPS) is 28.3. The molecule has 0 aromatic heterocycles. The van der Waals surface area contributed by atoms with E-state index in [1.165, 1.54) is 0 Å². The van der Waals surface area contributed by atoms with Crippen LogP contribution in [0.15, 0.2) is 0 Å². The fraction of sp³-hybridized carbons (Fsp3) is 0.750. The molecule has 2 amide bonds.